The van der Waals surface area contributed by atoms with Crippen molar-refractivity contribution in [2.75, 3.05) is 5.32 Å². The molecule has 0 atom stereocenters. The van der Waals surface area contributed by atoms with Crippen molar-refractivity contribution in [1.29, 1.82) is 0 Å². The maximum Gasteiger partial charge on any atom is 0.482 e. The van der Waals surface area contributed by atoms with Gasteiger partial charge < -0.3 is 10.1 Å². The lowest BCUT2D eigenvalue weighted by Gasteiger charge is -2.18. The molecular formula is C16H12F5NO2. The van der Waals surface area contributed by atoms with Crippen molar-refractivity contribution in [1.82, 2.24) is 0 Å². The number of rotatable bonds is 4. The summed E-state index contributed by atoms with van der Waals surface area (Å²) in [6.07, 6.45) is -9.05. The fourth-order valence-corrected chi connectivity index (χ4v) is 1.77. The van der Waals surface area contributed by atoms with Crippen LogP contribution in [0.15, 0.2) is 48.5 Å². The summed E-state index contributed by atoms with van der Waals surface area (Å²) in [5.41, 5.74) is -0.187. The molecule has 0 aromatic heterocycles. The van der Waals surface area contributed by atoms with Gasteiger partial charge in [-0.15, -0.1) is 0 Å². The third-order valence-electron chi connectivity index (χ3n) is 2.98. The lowest BCUT2D eigenvalue weighted by molar-refractivity contribution is -0.187. The quantitative estimate of drug-likeness (QED) is 0.821. The Bertz CT molecular complexity index is 726. The average molecular weight is 345 g/mol. The number of carbonyl (C=O) groups is 1. The highest BCUT2D eigenvalue weighted by Crippen LogP contribution is 2.32. The highest BCUT2D eigenvalue weighted by atomic mass is 19.4. The fourth-order valence-electron chi connectivity index (χ4n) is 1.77. The standard InChI is InChI=1S/C16H12F5NO2/c1-10-5-7-12(8-6-10)22-14(23)16(20,21)24-13-4-2-3-11(9-13)15(17,18)19/h2-9H,1H3,(H,22,23). The predicted molar refractivity (Wildman–Crippen MR) is 76.8 cm³/mol. The number of benzene rings is 2. The molecule has 0 radical (unpaired) electrons. The van der Waals surface area contributed by atoms with Crippen molar-refractivity contribution in [2.24, 2.45) is 0 Å². The van der Waals surface area contributed by atoms with Crippen molar-refractivity contribution in [2.45, 2.75) is 19.2 Å². The number of anilines is 1. The second-order valence-corrected chi connectivity index (χ2v) is 4.96. The van der Waals surface area contributed by atoms with E-state index in [1.165, 1.54) is 12.1 Å². The Balaban J connectivity index is 2.12. The first-order valence-electron chi connectivity index (χ1n) is 6.70. The Morgan fingerprint density at radius 1 is 1.00 bits per heavy atom. The molecule has 3 nitrogen and oxygen atoms in total. The summed E-state index contributed by atoms with van der Waals surface area (Å²) in [4.78, 5) is 11.6. The summed E-state index contributed by atoms with van der Waals surface area (Å²) in [5.74, 6) is -2.56. The molecule has 128 valence electrons. The van der Waals surface area contributed by atoms with Crippen molar-refractivity contribution in [3.63, 3.8) is 0 Å². The molecule has 0 aliphatic heterocycles. The number of ether oxygens (including phenoxy) is 1. The number of aryl methyl sites for hydroxylation is 1. The average Bonchev–Trinajstić information content (AvgIpc) is 2.48. The van der Waals surface area contributed by atoms with E-state index in [1.807, 2.05) is 5.32 Å². The summed E-state index contributed by atoms with van der Waals surface area (Å²) in [6.45, 7) is 1.77. The normalized spacial score (nSPS) is 11.9. The lowest BCUT2D eigenvalue weighted by Crippen LogP contribution is -2.40. The lowest BCUT2D eigenvalue weighted by atomic mass is 10.2. The molecule has 2 rings (SSSR count). The monoisotopic (exact) mass is 345 g/mol. The third-order valence-corrected chi connectivity index (χ3v) is 2.98. The molecule has 0 spiro atoms. The molecule has 1 amide bonds. The van der Waals surface area contributed by atoms with Gasteiger partial charge in [0.2, 0.25) is 0 Å². The summed E-state index contributed by atoms with van der Waals surface area (Å²) in [6, 6.07) is 8.93. The van der Waals surface area contributed by atoms with Gasteiger partial charge in [0, 0.05) is 5.69 Å². The van der Waals surface area contributed by atoms with E-state index in [2.05, 4.69) is 4.74 Å². The summed E-state index contributed by atoms with van der Waals surface area (Å²) in [5, 5.41) is 1.94. The van der Waals surface area contributed by atoms with Crippen molar-refractivity contribution in [3.8, 4) is 5.75 Å². The topological polar surface area (TPSA) is 38.3 Å². The van der Waals surface area contributed by atoms with Gasteiger partial charge in [0.15, 0.2) is 0 Å². The number of nitrogens with one attached hydrogen (secondary N) is 1. The Kier molecular flexibility index (Phi) is 4.77. The molecule has 24 heavy (non-hydrogen) atoms. The van der Waals surface area contributed by atoms with Gasteiger partial charge in [0.1, 0.15) is 5.75 Å². The van der Waals surface area contributed by atoms with E-state index in [9.17, 15) is 26.7 Å². The van der Waals surface area contributed by atoms with Gasteiger partial charge in [-0.25, -0.2) is 0 Å². The van der Waals surface area contributed by atoms with Crippen LogP contribution in [0.25, 0.3) is 0 Å². The molecule has 0 saturated heterocycles. The van der Waals surface area contributed by atoms with Crippen LogP contribution in [0, 0.1) is 6.92 Å². The Hall–Kier alpha value is -2.64. The van der Waals surface area contributed by atoms with Crippen LogP contribution in [0.1, 0.15) is 11.1 Å². The van der Waals surface area contributed by atoms with Crippen LogP contribution in [0.3, 0.4) is 0 Å². The van der Waals surface area contributed by atoms with Crippen LogP contribution in [0.2, 0.25) is 0 Å². The summed E-state index contributed by atoms with van der Waals surface area (Å²) >= 11 is 0. The smallest absolute Gasteiger partial charge is 0.425 e. The minimum absolute atomic E-state index is 0.109. The highest BCUT2D eigenvalue weighted by Gasteiger charge is 2.42. The maximum absolute atomic E-state index is 13.8. The fraction of sp³-hybridized carbons (Fsp3) is 0.188. The van der Waals surface area contributed by atoms with E-state index in [0.717, 1.165) is 17.7 Å². The van der Waals surface area contributed by atoms with Crippen LogP contribution in [-0.2, 0) is 11.0 Å². The maximum atomic E-state index is 13.8. The zero-order valence-corrected chi connectivity index (χ0v) is 12.3. The predicted octanol–water partition coefficient (Wildman–Crippen LogP) is 4.62. The van der Waals surface area contributed by atoms with E-state index in [0.29, 0.717) is 12.1 Å². The second-order valence-electron chi connectivity index (χ2n) is 4.96. The minimum atomic E-state index is -4.71. The number of hydrogen-bond donors (Lipinski definition) is 1. The molecule has 0 unspecified atom stereocenters. The van der Waals surface area contributed by atoms with Gasteiger partial charge >= 0.3 is 18.2 Å². The Labute approximate surface area is 134 Å². The minimum Gasteiger partial charge on any atom is -0.425 e. The van der Waals surface area contributed by atoms with E-state index >= 15 is 0 Å². The Morgan fingerprint density at radius 3 is 2.21 bits per heavy atom. The second kappa shape index (κ2) is 6.46. The van der Waals surface area contributed by atoms with Crippen LogP contribution >= 0.6 is 0 Å². The van der Waals surface area contributed by atoms with Crippen LogP contribution in [0.4, 0.5) is 27.6 Å². The zero-order chi connectivity index (χ0) is 18.0. The number of halogens is 5. The van der Waals surface area contributed by atoms with E-state index < -0.39 is 29.5 Å². The first kappa shape index (κ1) is 17.7. The van der Waals surface area contributed by atoms with Crippen molar-refractivity contribution in [3.05, 3.63) is 59.7 Å². The first-order valence-corrected chi connectivity index (χ1v) is 6.70. The van der Waals surface area contributed by atoms with Gasteiger partial charge in [-0.05, 0) is 37.3 Å². The zero-order valence-electron chi connectivity index (χ0n) is 12.3. The van der Waals surface area contributed by atoms with E-state index in [4.69, 9.17) is 0 Å². The van der Waals surface area contributed by atoms with Gasteiger partial charge in [-0.3, -0.25) is 4.79 Å². The van der Waals surface area contributed by atoms with Gasteiger partial charge in [-0.1, -0.05) is 23.8 Å². The SMILES string of the molecule is Cc1ccc(NC(=O)C(F)(F)Oc2cccc(C(F)(F)F)c2)cc1. The largest absolute Gasteiger partial charge is 0.482 e. The van der Waals surface area contributed by atoms with Crippen LogP contribution in [0.5, 0.6) is 5.75 Å². The Morgan fingerprint density at radius 2 is 1.62 bits per heavy atom. The molecular weight excluding hydrogens is 333 g/mol. The first-order chi connectivity index (χ1) is 11.1. The molecule has 1 N–H and O–H groups in total. The molecule has 0 aliphatic rings. The molecule has 0 heterocycles. The van der Waals surface area contributed by atoms with Crippen LogP contribution < -0.4 is 10.1 Å². The molecule has 2 aromatic carbocycles. The summed E-state index contributed by atoms with van der Waals surface area (Å²) in [7, 11) is 0. The number of hydrogen-bond acceptors (Lipinski definition) is 2. The molecule has 8 heteroatoms. The molecule has 0 fully saturated rings. The van der Waals surface area contributed by atoms with Gasteiger partial charge in [0.05, 0.1) is 5.56 Å². The number of amides is 1. The van der Waals surface area contributed by atoms with E-state index in [1.54, 1.807) is 19.1 Å². The third kappa shape index (κ3) is 4.43. The molecule has 2 aromatic rings. The van der Waals surface area contributed by atoms with Crippen LogP contribution in [-0.4, -0.2) is 12.0 Å². The molecule has 0 aliphatic carbocycles. The van der Waals surface area contributed by atoms with Crippen molar-refractivity contribution < 1.29 is 31.5 Å². The highest BCUT2D eigenvalue weighted by molar-refractivity contribution is 5.95. The number of alkyl halides is 5. The number of carbonyl (C=O) groups excluding carboxylic acids is 1. The van der Waals surface area contributed by atoms with Gasteiger partial charge in [-0.2, -0.15) is 22.0 Å². The van der Waals surface area contributed by atoms with Gasteiger partial charge in [0.25, 0.3) is 0 Å². The molecule has 0 bridgehead atoms. The van der Waals surface area contributed by atoms with Crippen molar-refractivity contribution >= 4 is 11.6 Å². The van der Waals surface area contributed by atoms with E-state index in [-0.39, 0.29) is 5.69 Å². The molecule has 0 saturated carbocycles. The summed E-state index contributed by atoms with van der Waals surface area (Å²) < 4.78 is 69.4.